The summed E-state index contributed by atoms with van der Waals surface area (Å²) < 4.78 is 1.66. The lowest BCUT2D eigenvalue weighted by molar-refractivity contribution is 0.0926. The lowest BCUT2D eigenvalue weighted by atomic mass is 9.98. The molecule has 1 unspecified atom stereocenters. The minimum atomic E-state index is -0.665. The number of carbonyl (C=O) groups is 1. The predicted molar refractivity (Wildman–Crippen MR) is 84.8 cm³/mol. The number of amides is 1. The topological polar surface area (TPSA) is 55.1 Å². The van der Waals surface area contributed by atoms with E-state index in [0.717, 1.165) is 8.95 Å². The fraction of sp³-hybridized carbons (Fsp3) is 0.333. The molecule has 3 nitrogen and oxygen atoms in total. The molecule has 0 heterocycles. The summed E-state index contributed by atoms with van der Waals surface area (Å²) in [5.74, 6) is -0.200. The van der Waals surface area contributed by atoms with Gasteiger partial charge >= 0.3 is 0 Å². The molecule has 0 aromatic heterocycles. The van der Waals surface area contributed by atoms with Crippen molar-refractivity contribution in [3.63, 3.8) is 0 Å². The molecule has 1 aromatic carbocycles. The molecule has 3 N–H and O–H groups in total. The van der Waals surface area contributed by atoms with Crippen LogP contribution in [0.1, 0.15) is 30.6 Å². The molecule has 1 atom stereocenters. The highest BCUT2D eigenvalue weighted by atomic mass is 79.9. The maximum atomic E-state index is 12.2. The first kappa shape index (κ1) is 15.6. The van der Waals surface area contributed by atoms with Crippen LogP contribution >= 0.6 is 44.1 Å². The van der Waals surface area contributed by atoms with Crippen molar-refractivity contribution in [1.82, 2.24) is 5.32 Å². The average molecular weight is 394 g/mol. The Hall–Kier alpha value is -0.460. The zero-order valence-corrected chi connectivity index (χ0v) is 14.1. The van der Waals surface area contributed by atoms with Crippen LogP contribution in [0.15, 0.2) is 27.1 Å². The van der Waals surface area contributed by atoms with Crippen molar-refractivity contribution >= 4 is 55.0 Å². The highest BCUT2D eigenvalue weighted by molar-refractivity contribution is 9.11. The van der Waals surface area contributed by atoms with E-state index in [1.165, 1.54) is 0 Å². The molecule has 1 rings (SSSR count). The number of benzene rings is 1. The second kappa shape index (κ2) is 6.12. The van der Waals surface area contributed by atoms with Gasteiger partial charge in [0.1, 0.15) is 0 Å². The fourth-order valence-electron chi connectivity index (χ4n) is 1.33. The zero-order chi connectivity index (χ0) is 13.9. The molecule has 0 saturated heterocycles. The first-order valence-electron chi connectivity index (χ1n) is 5.37. The highest BCUT2D eigenvalue weighted by Gasteiger charge is 2.28. The lowest BCUT2D eigenvalue weighted by Gasteiger charge is -2.28. The van der Waals surface area contributed by atoms with E-state index in [0.29, 0.717) is 12.0 Å². The third kappa shape index (κ3) is 3.76. The SMILES string of the molecule is CCC(C)(NC(=O)c1cc(Br)cc(Br)c1)C(N)=S. The van der Waals surface area contributed by atoms with Crippen LogP contribution in [0.2, 0.25) is 0 Å². The first-order valence-corrected chi connectivity index (χ1v) is 7.36. The molecule has 0 aliphatic rings. The van der Waals surface area contributed by atoms with Crippen LogP contribution in [0.25, 0.3) is 0 Å². The van der Waals surface area contributed by atoms with Crippen LogP contribution in [0, 0.1) is 0 Å². The van der Waals surface area contributed by atoms with E-state index in [9.17, 15) is 4.79 Å². The molecule has 0 fully saturated rings. The van der Waals surface area contributed by atoms with Crippen LogP contribution in [0.4, 0.5) is 0 Å². The van der Waals surface area contributed by atoms with E-state index in [1.54, 1.807) is 12.1 Å². The summed E-state index contributed by atoms with van der Waals surface area (Å²) in [6.45, 7) is 3.75. The van der Waals surface area contributed by atoms with E-state index in [4.69, 9.17) is 18.0 Å². The molecule has 18 heavy (non-hydrogen) atoms. The molecule has 0 aliphatic carbocycles. The zero-order valence-electron chi connectivity index (χ0n) is 10.1. The minimum absolute atomic E-state index is 0.200. The molecule has 0 radical (unpaired) electrons. The molecule has 98 valence electrons. The molecule has 1 aromatic rings. The largest absolute Gasteiger partial charge is 0.391 e. The van der Waals surface area contributed by atoms with Gasteiger partial charge in [-0.1, -0.05) is 51.0 Å². The Labute approximate surface area is 129 Å². The Morgan fingerprint density at radius 2 is 1.89 bits per heavy atom. The highest BCUT2D eigenvalue weighted by Crippen LogP contribution is 2.21. The monoisotopic (exact) mass is 392 g/mol. The Bertz CT molecular complexity index is 473. The van der Waals surface area contributed by atoms with Gasteiger partial charge in [0.15, 0.2) is 0 Å². The van der Waals surface area contributed by atoms with Crippen molar-refractivity contribution in [2.75, 3.05) is 0 Å². The van der Waals surface area contributed by atoms with Gasteiger partial charge in [-0.2, -0.15) is 0 Å². The molecule has 0 bridgehead atoms. The van der Waals surface area contributed by atoms with Gasteiger partial charge in [-0.3, -0.25) is 4.79 Å². The molecule has 0 saturated carbocycles. The van der Waals surface area contributed by atoms with Crippen LogP contribution < -0.4 is 11.1 Å². The van der Waals surface area contributed by atoms with Crippen molar-refractivity contribution in [1.29, 1.82) is 0 Å². The lowest BCUT2D eigenvalue weighted by Crippen LogP contribution is -2.54. The van der Waals surface area contributed by atoms with Crippen LogP contribution in [-0.4, -0.2) is 16.4 Å². The third-order valence-corrected chi connectivity index (χ3v) is 4.13. The molecular weight excluding hydrogens is 380 g/mol. The number of hydrogen-bond donors (Lipinski definition) is 2. The summed E-state index contributed by atoms with van der Waals surface area (Å²) in [6.07, 6.45) is 0.642. The third-order valence-electron chi connectivity index (χ3n) is 2.77. The summed E-state index contributed by atoms with van der Waals surface area (Å²) in [5.41, 5.74) is 5.55. The van der Waals surface area contributed by atoms with E-state index in [1.807, 2.05) is 19.9 Å². The van der Waals surface area contributed by atoms with Gasteiger partial charge in [-0.05, 0) is 31.5 Å². The second-order valence-corrected chi connectivity index (χ2v) is 6.43. The normalized spacial score (nSPS) is 13.8. The fourth-order valence-corrected chi connectivity index (χ4v) is 2.82. The van der Waals surface area contributed by atoms with Gasteiger partial charge in [-0.25, -0.2) is 0 Å². The second-order valence-electron chi connectivity index (χ2n) is 4.16. The van der Waals surface area contributed by atoms with E-state index in [-0.39, 0.29) is 10.9 Å². The number of hydrogen-bond acceptors (Lipinski definition) is 2. The first-order chi connectivity index (χ1) is 8.28. The number of halogens is 2. The van der Waals surface area contributed by atoms with Crippen molar-refractivity contribution in [2.24, 2.45) is 5.73 Å². The van der Waals surface area contributed by atoms with Crippen LogP contribution in [-0.2, 0) is 0 Å². The summed E-state index contributed by atoms with van der Waals surface area (Å²) >= 11 is 11.7. The number of nitrogens with one attached hydrogen (secondary N) is 1. The average Bonchev–Trinajstić information content (AvgIpc) is 2.27. The van der Waals surface area contributed by atoms with E-state index >= 15 is 0 Å². The van der Waals surface area contributed by atoms with Gasteiger partial charge < -0.3 is 11.1 Å². The van der Waals surface area contributed by atoms with Crippen molar-refractivity contribution in [2.45, 2.75) is 25.8 Å². The van der Waals surface area contributed by atoms with Gasteiger partial charge in [0.25, 0.3) is 5.91 Å². The molecule has 0 aliphatic heterocycles. The van der Waals surface area contributed by atoms with E-state index in [2.05, 4.69) is 37.2 Å². The smallest absolute Gasteiger partial charge is 0.252 e. The van der Waals surface area contributed by atoms with Crippen LogP contribution in [0.3, 0.4) is 0 Å². The van der Waals surface area contributed by atoms with Gasteiger partial charge in [-0.15, -0.1) is 0 Å². The standard InChI is InChI=1S/C12H14Br2N2OS/c1-3-12(2,11(15)18)16-10(17)7-4-8(13)6-9(14)5-7/h4-6H,3H2,1-2H3,(H2,15,18)(H,16,17). The summed E-state index contributed by atoms with van der Waals surface area (Å²) in [5, 5.41) is 2.87. The summed E-state index contributed by atoms with van der Waals surface area (Å²) in [6, 6.07) is 5.36. The number of rotatable bonds is 4. The quantitative estimate of drug-likeness (QED) is 0.770. The van der Waals surface area contributed by atoms with Gasteiger partial charge in [0.05, 0.1) is 10.5 Å². The maximum absolute atomic E-state index is 12.2. The Morgan fingerprint density at radius 3 is 2.28 bits per heavy atom. The van der Waals surface area contributed by atoms with Crippen LogP contribution in [0.5, 0.6) is 0 Å². The van der Waals surface area contributed by atoms with E-state index < -0.39 is 5.54 Å². The Morgan fingerprint density at radius 1 is 1.39 bits per heavy atom. The maximum Gasteiger partial charge on any atom is 0.252 e. The summed E-state index contributed by atoms with van der Waals surface area (Å²) in [4.78, 5) is 12.4. The van der Waals surface area contributed by atoms with Crippen molar-refractivity contribution < 1.29 is 4.79 Å². The number of nitrogens with two attached hydrogens (primary N) is 1. The molecule has 0 spiro atoms. The van der Waals surface area contributed by atoms with Gasteiger partial charge in [0.2, 0.25) is 0 Å². The molecule has 6 heteroatoms. The van der Waals surface area contributed by atoms with Gasteiger partial charge in [0, 0.05) is 14.5 Å². The number of thiocarbonyl (C=S) groups is 1. The molecular formula is C12H14Br2N2OS. The Balaban J connectivity index is 2.98. The Kier molecular flexibility index (Phi) is 5.31. The molecule has 1 amide bonds. The van der Waals surface area contributed by atoms with Crippen molar-refractivity contribution in [3.05, 3.63) is 32.7 Å². The minimum Gasteiger partial charge on any atom is -0.391 e. The summed E-state index contributed by atoms with van der Waals surface area (Å²) in [7, 11) is 0. The number of carbonyl (C=O) groups excluding carboxylic acids is 1. The van der Waals surface area contributed by atoms with Crippen molar-refractivity contribution in [3.8, 4) is 0 Å². The predicted octanol–water partition coefficient (Wildman–Crippen LogP) is 3.40.